The Labute approximate surface area is 124 Å². The maximum Gasteiger partial charge on any atom is 0.132 e. The third kappa shape index (κ3) is 2.33. The number of benzene rings is 1. The Bertz CT molecular complexity index is 627. The van der Waals surface area contributed by atoms with Gasteiger partial charge in [-0.05, 0) is 31.4 Å². The molecule has 1 aliphatic heterocycles. The highest BCUT2D eigenvalue weighted by Gasteiger charge is 2.24. The van der Waals surface area contributed by atoms with E-state index in [0.717, 1.165) is 48.0 Å². The van der Waals surface area contributed by atoms with Crippen LogP contribution in [0.4, 0.5) is 5.82 Å². The van der Waals surface area contributed by atoms with Gasteiger partial charge in [0.1, 0.15) is 23.0 Å². The fourth-order valence-electron chi connectivity index (χ4n) is 2.94. The molecule has 1 N–H and O–H groups in total. The predicted octanol–water partition coefficient (Wildman–Crippen LogP) is 2.85. The van der Waals surface area contributed by atoms with Crippen LogP contribution in [0, 0.1) is 0 Å². The van der Waals surface area contributed by atoms with E-state index in [2.05, 4.69) is 5.32 Å². The molecule has 21 heavy (non-hydrogen) atoms. The number of nitrogens with zero attached hydrogens (tertiary/aromatic N) is 2. The predicted molar refractivity (Wildman–Crippen MR) is 83.2 cm³/mol. The normalized spacial score (nSPS) is 14.0. The molecule has 0 fully saturated rings. The Kier molecular flexibility index (Phi) is 3.73. The van der Waals surface area contributed by atoms with Crippen LogP contribution in [-0.2, 0) is 13.5 Å². The van der Waals surface area contributed by atoms with Crippen molar-refractivity contribution in [3.63, 3.8) is 0 Å². The van der Waals surface area contributed by atoms with Crippen molar-refractivity contribution in [2.24, 2.45) is 7.05 Å². The zero-order valence-electron chi connectivity index (χ0n) is 12.8. The first-order valence-electron chi connectivity index (χ1n) is 7.27. The third-order valence-corrected chi connectivity index (χ3v) is 3.96. The molecule has 5 heteroatoms. The average molecular weight is 287 g/mol. The van der Waals surface area contributed by atoms with Crippen LogP contribution in [-0.4, -0.2) is 30.5 Å². The molecule has 3 rings (SSSR count). The fraction of sp³-hybridized carbons (Fsp3) is 0.438. The molecule has 112 valence electrons. The zero-order chi connectivity index (χ0) is 14.8. The van der Waals surface area contributed by atoms with Crippen molar-refractivity contribution < 1.29 is 9.47 Å². The Balaban J connectivity index is 2.22. The van der Waals surface area contributed by atoms with Crippen LogP contribution < -0.4 is 14.8 Å². The van der Waals surface area contributed by atoms with Crippen molar-refractivity contribution in [3.05, 3.63) is 23.8 Å². The van der Waals surface area contributed by atoms with Crippen LogP contribution in [0.25, 0.3) is 11.3 Å². The summed E-state index contributed by atoms with van der Waals surface area (Å²) in [4.78, 5) is 0. The number of methoxy groups -OCH3 is 2. The maximum atomic E-state index is 5.52. The first-order chi connectivity index (χ1) is 10.3. The minimum atomic E-state index is 0.791. The molecule has 5 nitrogen and oxygen atoms in total. The average Bonchev–Trinajstić information content (AvgIpc) is 2.70. The summed E-state index contributed by atoms with van der Waals surface area (Å²) < 4.78 is 13.0. The first kappa shape index (κ1) is 13.8. The summed E-state index contributed by atoms with van der Waals surface area (Å²) in [6.07, 6.45) is 3.36. The number of ether oxygens (including phenoxy) is 2. The minimum absolute atomic E-state index is 0.791. The van der Waals surface area contributed by atoms with E-state index in [1.54, 1.807) is 14.2 Å². The number of rotatable bonds is 3. The summed E-state index contributed by atoms with van der Waals surface area (Å²) in [5, 5.41) is 8.19. The molecule has 2 heterocycles. The molecule has 1 aromatic carbocycles. The SMILES string of the molecule is COc1cccc(OC)c1-c1nn(C)c2c1CCCCN2. The Morgan fingerprint density at radius 3 is 2.52 bits per heavy atom. The van der Waals surface area contributed by atoms with E-state index < -0.39 is 0 Å². The molecule has 0 bridgehead atoms. The Morgan fingerprint density at radius 2 is 1.86 bits per heavy atom. The molecule has 0 radical (unpaired) electrons. The van der Waals surface area contributed by atoms with Gasteiger partial charge in [0.2, 0.25) is 0 Å². The largest absolute Gasteiger partial charge is 0.496 e. The van der Waals surface area contributed by atoms with Crippen LogP contribution in [0.1, 0.15) is 18.4 Å². The van der Waals surface area contributed by atoms with Gasteiger partial charge < -0.3 is 14.8 Å². The molecule has 0 unspecified atom stereocenters. The van der Waals surface area contributed by atoms with Crippen LogP contribution in [0.2, 0.25) is 0 Å². The van der Waals surface area contributed by atoms with Crippen LogP contribution in [0.15, 0.2) is 18.2 Å². The highest BCUT2D eigenvalue weighted by molar-refractivity contribution is 5.79. The van der Waals surface area contributed by atoms with Crippen molar-refractivity contribution in [2.75, 3.05) is 26.1 Å². The number of aromatic nitrogens is 2. The number of anilines is 1. The van der Waals surface area contributed by atoms with Crippen LogP contribution >= 0.6 is 0 Å². The monoisotopic (exact) mass is 287 g/mol. The topological polar surface area (TPSA) is 48.3 Å². The van der Waals surface area contributed by atoms with Gasteiger partial charge in [0.05, 0.1) is 19.8 Å². The van der Waals surface area contributed by atoms with Gasteiger partial charge in [-0.25, -0.2) is 0 Å². The van der Waals surface area contributed by atoms with Gasteiger partial charge in [-0.15, -0.1) is 0 Å². The van der Waals surface area contributed by atoms with Crippen LogP contribution in [0.5, 0.6) is 11.5 Å². The molecule has 0 atom stereocenters. The van der Waals surface area contributed by atoms with Gasteiger partial charge in [0.25, 0.3) is 0 Å². The lowest BCUT2D eigenvalue weighted by molar-refractivity contribution is 0.397. The van der Waals surface area contributed by atoms with E-state index in [1.165, 1.54) is 12.0 Å². The minimum Gasteiger partial charge on any atom is -0.496 e. The van der Waals surface area contributed by atoms with E-state index in [9.17, 15) is 0 Å². The van der Waals surface area contributed by atoms with E-state index >= 15 is 0 Å². The number of hydrogen-bond acceptors (Lipinski definition) is 4. The maximum absolute atomic E-state index is 5.52. The molecule has 0 aliphatic carbocycles. The fourth-order valence-corrected chi connectivity index (χ4v) is 2.94. The number of hydrogen-bond donors (Lipinski definition) is 1. The second kappa shape index (κ2) is 5.68. The molecule has 0 saturated carbocycles. The molecular weight excluding hydrogens is 266 g/mol. The van der Waals surface area contributed by atoms with Crippen molar-refractivity contribution in [1.29, 1.82) is 0 Å². The number of nitrogens with one attached hydrogen (secondary N) is 1. The molecule has 1 aliphatic rings. The van der Waals surface area contributed by atoms with E-state index in [-0.39, 0.29) is 0 Å². The first-order valence-corrected chi connectivity index (χ1v) is 7.27. The summed E-state index contributed by atoms with van der Waals surface area (Å²) in [6.45, 7) is 0.995. The standard InChI is InChI=1S/C16H21N3O2/c1-19-16-11(7-4-5-10-17-16)15(18-19)14-12(20-2)8-6-9-13(14)21-3/h6,8-9,17H,4-5,7,10H2,1-3H3. The van der Waals surface area contributed by atoms with Gasteiger partial charge in [-0.2, -0.15) is 5.10 Å². The Hall–Kier alpha value is -2.17. The molecule has 0 saturated heterocycles. The zero-order valence-corrected chi connectivity index (χ0v) is 12.8. The lowest BCUT2D eigenvalue weighted by Gasteiger charge is -2.12. The second-order valence-corrected chi connectivity index (χ2v) is 5.22. The lowest BCUT2D eigenvalue weighted by Crippen LogP contribution is -2.04. The smallest absolute Gasteiger partial charge is 0.132 e. The van der Waals surface area contributed by atoms with Gasteiger partial charge in [0.15, 0.2) is 0 Å². The quantitative estimate of drug-likeness (QED) is 0.943. The molecule has 0 amide bonds. The van der Waals surface area contributed by atoms with Gasteiger partial charge in [-0.3, -0.25) is 4.68 Å². The van der Waals surface area contributed by atoms with Crippen molar-refractivity contribution >= 4 is 5.82 Å². The molecule has 0 spiro atoms. The van der Waals surface area contributed by atoms with Crippen molar-refractivity contribution in [1.82, 2.24) is 9.78 Å². The summed E-state index contributed by atoms with van der Waals surface area (Å²) in [6, 6.07) is 5.83. The molecule has 1 aromatic heterocycles. The van der Waals surface area contributed by atoms with E-state index in [0.29, 0.717) is 0 Å². The van der Waals surface area contributed by atoms with Gasteiger partial charge in [0, 0.05) is 19.2 Å². The highest BCUT2D eigenvalue weighted by atomic mass is 16.5. The van der Waals surface area contributed by atoms with E-state index in [1.807, 2.05) is 29.9 Å². The van der Waals surface area contributed by atoms with Crippen molar-refractivity contribution in [2.45, 2.75) is 19.3 Å². The van der Waals surface area contributed by atoms with Crippen molar-refractivity contribution in [3.8, 4) is 22.8 Å². The highest BCUT2D eigenvalue weighted by Crippen LogP contribution is 2.41. The van der Waals surface area contributed by atoms with Gasteiger partial charge in [-0.1, -0.05) is 6.07 Å². The summed E-state index contributed by atoms with van der Waals surface area (Å²) in [5.41, 5.74) is 3.14. The number of aryl methyl sites for hydroxylation is 1. The van der Waals surface area contributed by atoms with E-state index in [4.69, 9.17) is 14.6 Å². The molecule has 2 aromatic rings. The third-order valence-electron chi connectivity index (χ3n) is 3.96. The molecular formula is C16H21N3O2. The number of fused-ring (bicyclic) bond motifs is 1. The summed E-state index contributed by atoms with van der Waals surface area (Å²) in [5.74, 6) is 2.69. The van der Waals surface area contributed by atoms with Crippen LogP contribution in [0.3, 0.4) is 0 Å². The summed E-state index contributed by atoms with van der Waals surface area (Å²) >= 11 is 0. The summed E-state index contributed by atoms with van der Waals surface area (Å²) in [7, 11) is 5.33. The lowest BCUT2D eigenvalue weighted by atomic mass is 10.0. The second-order valence-electron chi connectivity index (χ2n) is 5.22. The Morgan fingerprint density at radius 1 is 1.14 bits per heavy atom. The van der Waals surface area contributed by atoms with Gasteiger partial charge >= 0.3 is 0 Å².